The first-order valence-electron chi connectivity index (χ1n) is 19.0. The molecule has 53 heavy (non-hydrogen) atoms. The van der Waals surface area contributed by atoms with Crippen molar-refractivity contribution in [3.8, 4) is 11.5 Å². The summed E-state index contributed by atoms with van der Waals surface area (Å²) in [6, 6.07) is 25.6. The van der Waals surface area contributed by atoms with E-state index in [9.17, 15) is 9.59 Å². The Kier molecular flexibility index (Phi) is 10.9. The van der Waals surface area contributed by atoms with E-state index in [4.69, 9.17) is 9.47 Å². The quantitative estimate of drug-likeness (QED) is 0.122. The summed E-state index contributed by atoms with van der Waals surface area (Å²) in [5.41, 5.74) is 4.18. The Labute approximate surface area is 313 Å². The van der Waals surface area contributed by atoms with Gasteiger partial charge < -0.3 is 29.2 Å². The molecule has 0 atom stereocenters. The molecular weight excluding hydrogens is 685 g/mol. The lowest BCUT2D eigenvalue weighted by molar-refractivity contribution is 0.238. The van der Waals surface area contributed by atoms with Gasteiger partial charge in [-0.15, -0.1) is 11.3 Å². The zero-order valence-corrected chi connectivity index (χ0v) is 31.0. The molecule has 2 aliphatic heterocycles. The Morgan fingerprint density at radius 1 is 0.547 bits per heavy atom. The molecule has 2 N–H and O–H groups in total. The van der Waals surface area contributed by atoms with Gasteiger partial charge >= 0.3 is 0 Å². The maximum Gasteiger partial charge on any atom is 0.248 e. The molecule has 10 nitrogen and oxygen atoms in total. The van der Waals surface area contributed by atoms with Crippen LogP contribution in [-0.4, -0.2) is 98.4 Å². The lowest BCUT2D eigenvalue weighted by Crippen LogP contribution is -2.47. The highest BCUT2D eigenvalue weighted by atomic mass is 32.1. The maximum atomic E-state index is 11.6. The third-order valence-electron chi connectivity index (χ3n) is 10.7. The molecule has 2 saturated heterocycles. The van der Waals surface area contributed by atoms with Crippen LogP contribution in [0.1, 0.15) is 25.7 Å². The number of aromatic nitrogens is 2. The number of benzene rings is 3. The number of nitrogens with one attached hydrogen (secondary N) is 2. The number of unbranched alkanes of at least 4 members (excludes halogenated alkanes) is 2. The average molecular weight is 733 g/mol. The second-order valence-corrected chi connectivity index (χ2v) is 15.1. The molecule has 2 fully saturated rings. The second-order valence-electron chi connectivity index (χ2n) is 14.2. The first kappa shape index (κ1) is 35.2. The Balaban J connectivity index is 0.747. The van der Waals surface area contributed by atoms with Crippen LogP contribution in [0.4, 0.5) is 11.4 Å². The number of fused-ring (bicyclic) bond motifs is 3. The van der Waals surface area contributed by atoms with Crippen molar-refractivity contribution in [3.63, 3.8) is 0 Å². The maximum absolute atomic E-state index is 11.6. The molecule has 0 spiro atoms. The number of thiophene rings is 1. The molecule has 0 bridgehead atoms. The van der Waals surface area contributed by atoms with E-state index in [-0.39, 0.29) is 11.1 Å². The van der Waals surface area contributed by atoms with Gasteiger partial charge in [-0.25, -0.2) is 0 Å². The van der Waals surface area contributed by atoms with Crippen LogP contribution in [0.15, 0.2) is 93.8 Å². The van der Waals surface area contributed by atoms with E-state index >= 15 is 0 Å². The van der Waals surface area contributed by atoms with Gasteiger partial charge in [0.25, 0.3) is 0 Å². The van der Waals surface area contributed by atoms with E-state index in [1.807, 2.05) is 59.9 Å². The van der Waals surface area contributed by atoms with Crippen LogP contribution in [0.5, 0.6) is 11.5 Å². The third kappa shape index (κ3) is 8.53. The Bertz CT molecular complexity index is 2110. The van der Waals surface area contributed by atoms with E-state index in [1.54, 1.807) is 12.1 Å². The number of nitrogens with zero attached hydrogens (tertiary/aromatic N) is 4. The monoisotopic (exact) mass is 732 g/mol. The molecule has 8 rings (SSSR count). The number of hydrogen-bond acceptors (Lipinski definition) is 9. The molecule has 6 aromatic rings. The van der Waals surface area contributed by atoms with Gasteiger partial charge in [0.2, 0.25) is 11.1 Å². The van der Waals surface area contributed by atoms with E-state index in [2.05, 4.69) is 53.1 Å². The first-order chi connectivity index (χ1) is 26.1. The van der Waals surface area contributed by atoms with Crippen molar-refractivity contribution in [3.05, 3.63) is 105 Å². The molecular formula is C42H48N6O4S. The number of pyridine rings is 2. The van der Waals surface area contributed by atoms with E-state index in [0.717, 1.165) is 124 Å². The first-order valence-corrected chi connectivity index (χ1v) is 19.9. The number of rotatable bonds is 14. The van der Waals surface area contributed by atoms with Crippen LogP contribution >= 0.6 is 11.3 Å². The number of H-pyrrole nitrogens is 2. The lowest BCUT2D eigenvalue weighted by Gasteiger charge is -2.38. The normalized spacial score (nSPS) is 15.8. The SMILES string of the molecule is O=c1ccc2ccc(OCCCCN3CCN(c4ccc(N5CCN(CCCCOc6ccc7ccc(=O)[nH]c7c6)CC5)c5sccc45)CC3)cc2[nH]1. The molecule has 276 valence electrons. The van der Waals surface area contributed by atoms with Gasteiger partial charge in [0.1, 0.15) is 11.5 Å². The van der Waals surface area contributed by atoms with Crippen molar-refractivity contribution in [2.75, 3.05) is 88.5 Å². The molecule has 0 unspecified atom stereocenters. The highest BCUT2D eigenvalue weighted by Gasteiger charge is 2.23. The number of piperazine rings is 2. The second kappa shape index (κ2) is 16.4. The molecule has 0 saturated carbocycles. The minimum atomic E-state index is -0.0943. The average Bonchev–Trinajstić information content (AvgIpc) is 3.68. The molecule has 0 radical (unpaired) electrons. The fourth-order valence-electron chi connectivity index (χ4n) is 7.67. The number of aromatic amines is 2. The Morgan fingerprint density at radius 2 is 1.04 bits per heavy atom. The molecule has 0 amide bonds. The summed E-state index contributed by atoms with van der Waals surface area (Å²) in [5, 5.41) is 5.65. The number of ether oxygens (including phenoxy) is 2. The van der Waals surface area contributed by atoms with Crippen molar-refractivity contribution in [1.29, 1.82) is 0 Å². The third-order valence-corrected chi connectivity index (χ3v) is 11.6. The highest BCUT2D eigenvalue weighted by Crippen LogP contribution is 2.38. The molecule has 3 aromatic carbocycles. The lowest BCUT2D eigenvalue weighted by atomic mass is 10.1. The van der Waals surface area contributed by atoms with Crippen LogP contribution in [0.2, 0.25) is 0 Å². The van der Waals surface area contributed by atoms with Crippen LogP contribution in [0.3, 0.4) is 0 Å². The number of anilines is 2. The fourth-order valence-corrected chi connectivity index (χ4v) is 8.63. The van der Waals surface area contributed by atoms with Gasteiger partial charge in [0.05, 0.1) is 34.6 Å². The van der Waals surface area contributed by atoms with Crippen LogP contribution in [0.25, 0.3) is 31.9 Å². The molecule has 3 aromatic heterocycles. The summed E-state index contributed by atoms with van der Waals surface area (Å²) in [6.07, 6.45) is 4.21. The summed E-state index contributed by atoms with van der Waals surface area (Å²) in [6.45, 7) is 12.0. The van der Waals surface area contributed by atoms with Crippen molar-refractivity contribution < 1.29 is 9.47 Å². The van der Waals surface area contributed by atoms with Crippen LogP contribution in [0, 0.1) is 0 Å². The summed E-state index contributed by atoms with van der Waals surface area (Å²) >= 11 is 1.87. The van der Waals surface area contributed by atoms with Crippen molar-refractivity contribution in [2.24, 2.45) is 0 Å². The minimum Gasteiger partial charge on any atom is -0.494 e. The fraction of sp³-hybridized carbons (Fsp3) is 0.381. The zero-order chi connectivity index (χ0) is 36.0. The van der Waals surface area contributed by atoms with E-state index < -0.39 is 0 Å². The summed E-state index contributed by atoms with van der Waals surface area (Å²) in [7, 11) is 0. The van der Waals surface area contributed by atoms with Crippen molar-refractivity contribution in [2.45, 2.75) is 25.7 Å². The highest BCUT2D eigenvalue weighted by molar-refractivity contribution is 7.18. The predicted octanol–water partition coefficient (Wildman–Crippen LogP) is 6.55. The topological polar surface area (TPSA) is 97.1 Å². The smallest absolute Gasteiger partial charge is 0.248 e. The van der Waals surface area contributed by atoms with Gasteiger partial charge in [0.15, 0.2) is 0 Å². The van der Waals surface area contributed by atoms with Crippen molar-refractivity contribution in [1.82, 2.24) is 19.8 Å². The summed E-state index contributed by atoms with van der Waals surface area (Å²) < 4.78 is 13.4. The predicted molar refractivity (Wildman–Crippen MR) is 218 cm³/mol. The van der Waals surface area contributed by atoms with Crippen LogP contribution < -0.4 is 30.4 Å². The van der Waals surface area contributed by atoms with Gasteiger partial charge in [-0.1, -0.05) is 0 Å². The van der Waals surface area contributed by atoms with Crippen LogP contribution in [-0.2, 0) is 0 Å². The van der Waals surface area contributed by atoms with Gasteiger partial charge in [-0.3, -0.25) is 19.4 Å². The van der Waals surface area contributed by atoms with Gasteiger partial charge in [-0.05, 0) is 110 Å². The molecule has 11 heteroatoms. The van der Waals surface area contributed by atoms with Crippen molar-refractivity contribution >= 4 is 54.6 Å². The zero-order valence-electron chi connectivity index (χ0n) is 30.2. The number of hydrogen-bond donors (Lipinski definition) is 2. The largest absolute Gasteiger partial charge is 0.494 e. The summed E-state index contributed by atoms with van der Waals surface area (Å²) in [4.78, 5) is 39.4. The Hall–Kier alpha value is -4.84. The molecule has 5 heterocycles. The van der Waals surface area contributed by atoms with Gasteiger partial charge in [0, 0.05) is 87.7 Å². The Morgan fingerprint density at radius 3 is 1.58 bits per heavy atom. The standard InChI is InChI=1S/C42H48N6O4S/c49-40-13-7-31-5-9-33(29-36(31)43-40)51-26-3-1-16-45-18-22-47(23-19-45)38-11-12-39(42-35(38)15-28-53-42)48-24-20-46(21-25-48)17-2-4-27-52-34-10-6-32-8-14-41(50)44-37(32)30-34/h5-15,28-30H,1-4,16-27H2,(H,43,49)(H,44,50). The van der Waals surface area contributed by atoms with E-state index in [1.165, 1.54) is 21.5 Å². The molecule has 2 aliphatic rings. The van der Waals surface area contributed by atoms with E-state index in [0.29, 0.717) is 13.2 Å². The summed E-state index contributed by atoms with van der Waals surface area (Å²) in [5.74, 6) is 1.60. The minimum absolute atomic E-state index is 0.0942. The van der Waals surface area contributed by atoms with Gasteiger partial charge in [-0.2, -0.15) is 0 Å². The molecule has 0 aliphatic carbocycles.